The van der Waals surface area contributed by atoms with Crippen molar-refractivity contribution >= 4 is 18.0 Å². The second-order valence-electron chi connectivity index (χ2n) is 10.1. The molecule has 2 aliphatic rings. The second-order valence-corrected chi connectivity index (χ2v) is 10.1. The zero-order chi connectivity index (χ0) is 30.7. The quantitative estimate of drug-likeness (QED) is 0.206. The highest BCUT2D eigenvalue weighted by Crippen LogP contribution is 2.44. The van der Waals surface area contributed by atoms with E-state index in [1.165, 1.54) is 0 Å². The number of alkyl carbamates (subject to hydrolysis) is 1. The van der Waals surface area contributed by atoms with E-state index in [1.807, 2.05) is 53.5 Å². The fourth-order valence-corrected chi connectivity index (χ4v) is 5.25. The number of amides is 2. The molecule has 2 heterocycles. The Balaban J connectivity index is 1.20. The molecule has 14 nitrogen and oxygen atoms in total. The molecule has 5 rings (SSSR count). The topological polar surface area (TPSA) is 198 Å². The van der Waals surface area contributed by atoms with E-state index in [0.717, 1.165) is 46.0 Å². The zero-order valence-electron chi connectivity index (χ0n) is 23.0. The molecule has 0 saturated carbocycles. The highest BCUT2D eigenvalue weighted by atomic mass is 16.6. The average molecular weight is 595 g/mol. The van der Waals surface area contributed by atoms with Crippen molar-refractivity contribution in [1.29, 1.82) is 0 Å². The van der Waals surface area contributed by atoms with Crippen LogP contribution in [0.4, 0.5) is 4.79 Å². The lowest BCUT2D eigenvalue weighted by Gasteiger charge is -2.21. The first-order chi connectivity index (χ1) is 20.6. The van der Waals surface area contributed by atoms with Gasteiger partial charge in [-0.15, -0.1) is 0 Å². The lowest BCUT2D eigenvalue weighted by Crippen LogP contribution is -2.52. The molecule has 0 bridgehead atoms. The number of aromatic nitrogens is 2. The van der Waals surface area contributed by atoms with Crippen LogP contribution in [0.1, 0.15) is 30.2 Å². The summed E-state index contributed by atoms with van der Waals surface area (Å²) in [6, 6.07) is 15.3. The van der Waals surface area contributed by atoms with Gasteiger partial charge in [0.25, 0.3) is 5.56 Å². The molecule has 0 radical (unpaired) electrons. The average Bonchev–Trinajstić information content (AvgIpc) is 3.46. The van der Waals surface area contributed by atoms with Gasteiger partial charge in [-0.1, -0.05) is 48.5 Å². The van der Waals surface area contributed by atoms with Crippen LogP contribution in [0.3, 0.4) is 0 Å². The van der Waals surface area contributed by atoms with Crippen LogP contribution in [0.15, 0.2) is 70.4 Å². The fourth-order valence-electron chi connectivity index (χ4n) is 5.25. The molecule has 3 aromatic rings. The Morgan fingerprint density at radius 2 is 1.63 bits per heavy atom. The van der Waals surface area contributed by atoms with Gasteiger partial charge in [-0.25, -0.2) is 9.59 Å². The summed E-state index contributed by atoms with van der Waals surface area (Å²) in [6.45, 7) is 0.296. The second kappa shape index (κ2) is 12.6. The van der Waals surface area contributed by atoms with E-state index >= 15 is 0 Å². The normalized spacial score (nSPS) is 21.4. The number of carbonyl (C=O) groups excluding carboxylic acids is 3. The molecule has 1 aliphatic carbocycles. The van der Waals surface area contributed by atoms with Gasteiger partial charge in [0.15, 0.2) is 6.23 Å². The van der Waals surface area contributed by atoms with Crippen LogP contribution < -0.4 is 21.9 Å². The van der Waals surface area contributed by atoms with Gasteiger partial charge in [-0.3, -0.25) is 23.9 Å². The number of hydrogen-bond acceptors (Lipinski definition) is 10. The summed E-state index contributed by atoms with van der Waals surface area (Å²) in [7, 11) is 0. The molecule has 1 fully saturated rings. The maximum atomic E-state index is 13.0. The van der Waals surface area contributed by atoms with Crippen LogP contribution in [0.5, 0.6) is 0 Å². The lowest BCUT2D eigenvalue weighted by atomic mass is 9.98. The number of hydrogen-bond donors (Lipinski definition) is 5. The van der Waals surface area contributed by atoms with Gasteiger partial charge < -0.3 is 35.1 Å². The summed E-state index contributed by atoms with van der Waals surface area (Å²) in [6.07, 6.45) is -5.37. The molecule has 2 aromatic carbocycles. The van der Waals surface area contributed by atoms with Gasteiger partial charge in [0.05, 0.1) is 0 Å². The third-order valence-corrected chi connectivity index (χ3v) is 7.35. The van der Waals surface area contributed by atoms with Gasteiger partial charge in [-0.05, 0) is 22.3 Å². The highest BCUT2D eigenvalue weighted by Gasteiger charge is 2.44. The minimum atomic E-state index is -1.55. The van der Waals surface area contributed by atoms with Gasteiger partial charge in [0, 0.05) is 31.6 Å². The number of fused-ring (bicyclic) bond motifs is 3. The van der Waals surface area contributed by atoms with E-state index in [2.05, 4.69) is 10.6 Å². The molecule has 14 heteroatoms. The molecule has 1 saturated heterocycles. The molecule has 226 valence electrons. The van der Waals surface area contributed by atoms with Crippen molar-refractivity contribution in [2.45, 2.75) is 43.4 Å². The number of rotatable bonds is 9. The number of aliphatic hydroxyl groups excluding tert-OH is 2. The standard InChI is InChI=1S/C29H30N4O10/c1-15(34)41-14-21(26(38)30-12-22-24(36)25(37)27(43-22)33-11-10-23(35)32-28(33)39)31-29(40)42-13-20-18-8-4-2-6-16(18)17-7-3-5-9-19(17)20/h2-11,20-22,24-25,27,36-37H,12-14H2,1H3,(H,30,38)(H,31,40)(H,32,35,39)/t21-,22+,24+,25+,27+/m0/s1. The summed E-state index contributed by atoms with van der Waals surface area (Å²) in [5.74, 6) is -1.68. The van der Waals surface area contributed by atoms with Gasteiger partial charge in [-0.2, -0.15) is 0 Å². The number of aliphatic hydroxyl groups is 2. The van der Waals surface area contributed by atoms with Crippen molar-refractivity contribution in [1.82, 2.24) is 20.2 Å². The van der Waals surface area contributed by atoms with Gasteiger partial charge >= 0.3 is 17.8 Å². The third kappa shape index (κ3) is 6.35. The summed E-state index contributed by atoms with van der Waals surface area (Å²) < 4.78 is 16.9. The van der Waals surface area contributed by atoms with E-state index in [-0.39, 0.29) is 19.1 Å². The summed E-state index contributed by atoms with van der Waals surface area (Å²) in [5.41, 5.74) is 2.60. The maximum absolute atomic E-state index is 13.0. The predicted molar refractivity (Wildman–Crippen MR) is 149 cm³/mol. The molecule has 5 atom stereocenters. The first kappa shape index (κ1) is 29.7. The number of esters is 1. The van der Waals surface area contributed by atoms with Crippen molar-refractivity contribution in [3.63, 3.8) is 0 Å². The van der Waals surface area contributed by atoms with Crippen LogP contribution in [0, 0.1) is 0 Å². The SMILES string of the molecule is CC(=O)OC[C@H](NC(=O)OCC1c2ccccc2-c2ccccc21)C(=O)NC[C@H]1O[C@@H](n2ccc(=O)[nH]c2=O)[C@H](O)[C@@H]1O. The van der Waals surface area contributed by atoms with Crippen molar-refractivity contribution in [3.05, 3.63) is 92.8 Å². The first-order valence-corrected chi connectivity index (χ1v) is 13.5. The summed E-state index contributed by atoms with van der Waals surface area (Å²) in [5, 5.41) is 25.7. The zero-order valence-corrected chi connectivity index (χ0v) is 23.0. The van der Waals surface area contributed by atoms with Gasteiger partial charge in [0.2, 0.25) is 5.91 Å². The van der Waals surface area contributed by atoms with Crippen molar-refractivity contribution < 1.29 is 38.8 Å². The molecular weight excluding hydrogens is 564 g/mol. The molecular formula is C29H30N4O10. The van der Waals surface area contributed by atoms with Crippen LogP contribution in [0.2, 0.25) is 0 Å². The molecule has 2 amide bonds. The predicted octanol–water partition coefficient (Wildman–Crippen LogP) is -0.258. The molecule has 1 aromatic heterocycles. The number of benzene rings is 2. The Labute approximate surface area is 244 Å². The summed E-state index contributed by atoms with van der Waals surface area (Å²) in [4.78, 5) is 62.7. The lowest BCUT2D eigenvalue weighted by molar-refractivity contribution is -0.143. The van der Waals surface area contributed by atoms with Crippen LogP contribution in [0.25, 0.3) is 11.1 Å². The Hall–Kier alpha value is -4.79. The Morgan fingerprint density at radius 3 is 2.26 bits per heavy atom. The Morgan fingerprint density at radius 1 is 0.977 bits per heavy atom. The largest absolute Gasteiger partial charge is 0.463 e. The van der Waals surface area contributed by atoms with Crippen molar-refractivity contribution in [2.24, 2.45) is 0 Å². The van der Waals surface area contributed by atoms with Gasteiger partial charge in [0.1, 0.15) is 37.6 Å². The van der Waals surface area contributed by atoms with E-state index in [9.17, 15) is 34.2 Å². The number of nitrogens with zero attached hydrogens (tertiary/aromatic N) is 1. The van der Waals surface area contributed by atoms with Crippen LogP contribution in [-0.4, -0.2) is 81.8 Å². The maximum Gasteiger partial charge on any atom is 0.407 e. The molecule has 1 aliphatic heterocycles. The van der Waals surface area contributed by atoms with E-state index in [1.54, 1.807) is 0 Å². The number of ether oxygens (including phenoxy) is 3. The molecule has 0 spiro atoms. The van der Waals surface area contributed by atoms with E-state index in [4.69, 9.17) is 14.2 Å². The molecule has 43 heavy (non-hydrogen) atoms. The van der Waals surface area contributed by atoms with E-state index < -0.39 is 66.4 Å². The fraction of sp³-hybridized carbons (Fsp3) is 0.345. The Kier molecular flexibility index (Phi) is 8.71. The number of H-pyrrole nitrogens is 1. The van der Waals surface area contributed by atoms with E-state index in [0.29, 0.717) is 0 Å². The third-order valence-electron chi connectivity index (χ3n) is 7.35. The van der Waals surface area contributed by atoms with Crippen LogP contribution in [-0.2, 0) is 23.8 Å². The highest BCUT2D eigenvalue weighted by molar-refractivity contribution is 5.86. The molecule has 5 N–H and O–H groups in total. The van der Waals surface area contributed by atoms with Crippen molar-refractivity contribution in [2.75, 3.05) is 19.8 Å². The number of aromatic amines is 1. The smallest absolute Gasteiger partial charge is 0.407 e. The first-order valence-electron chi connectivity index (χ1n) is 13.5. The minimum Gasteiger partial charge on any atom is -0.463 e. The van der Waals surface area contributed by atoms with Crippen molar-refractivity contribution in [3.8, 4) is 11.1 Å². The molecule has 0 unspecified atom stereocenters. The number of nitrogens with one attached hydrogen (secondary N) is 3. The Bertz CT molecular complexity index is 1590. The monoisotopic (exact) mass is 594 g/mol. The summed E-state index contributed by atoms with van der Waals surface area (Å²) >= 11 is 0. The minimum absolute atomic E-state index is 0.00668. The van der Waals surface area contributed by atoms with Crippen LogP contribution >= 0.6 is 0 Å². The number of carbonyl (C=O) groups is 3.